The van der Waals surface area contributed by atoms with Gasteiger partial charge in [-0.25, -0.2) is 4.68 Å². The highest BCUT2D eigenvalue weighted by atomic mass is 19.4. The van der Waals surface area contributed by atoms with Gasteiger partial charge in [-0.3, -0.25) is 9.69 Å². The van der Waals surface area contributed by atoms with Gasteiger partial charge < -0.3 is 9.80 Å². The smallest absolute Gasteiger partial charge is 0.372 e. The zero-order chi connectivity index (χ0) is 25.2. The van der Waals surface area contributed by atoms with Gasteiger partial charge in [-0.1, -0.05) is 19.6 Å². The lowest BCUT2D eigenvalue weighted by Gasteiger charge is -2.43. The first-order chi connectivity index (χ1) is 16.7. The van der Waals surface area contributed by atoms with Crippen LogP contribution in [-0.4, -0.2) is 64.1 Å². The predicted octanol–water partition coefficient (Wildman–Crippen LogP) is 4.23. The molecule has 186 valence electrons. The molecule has 2 saturated heterocycles. The number of Topliss-reactive ketones (excluding diaryl/α,β-unsaturated/α-hetero) is 1. The van der Waals surface area contributed by atoms with Crippen LogP contribution in [0.25, 0.3) is 5.82 Å². The Morgan fingerprint density at radius 3 is 2.60 bits per heavy atom. The average Bonchev–Trinajstić information content (AvgIpc) is 3.55. The van der Waals surface area contributed by atoms with Gasteiger partial charge in [-0.15, -0.1) is 0 Å². The summed E-state index contributed by atoms with van der Waals surface area (Å²) in [7, 11) is 0. The molecule has 0 aliphatic carbocycles. The number of hydrogen-bond acceptors (Lipinski definition) is 6. The second-order valence-electron chi connectivity index (χ2n) is 9.03. The normalized spacial score (nSPS) is 19.1. The van der Waals surface area contributed by atoms with Crippen molar-refractivity contribution in [2.75, 3.05) is 37.6 Å². The summed E-state index contributed by atoms with van der Waals surface area (Å²) in [5.41, 5.74) is 0.416. The van der Waals surface area contributed by atoms with Crippen molar-refractivity contribution in [2.45, 2.75) is 44.9 Å². The molecule has 0 radical (unpaired) electrons. The fourth-order valence-electron chi connectivity index (χ4n) is 4.91. The predicted molar refractivity (Wildman–Crippen MR) is 126 cm³/mol. The van der Waals surface area contributed by atoms with Gasteiger partial charge in [-0.2, -0.15) is 23.5 Å². The van der Waals surface area contributed by atoms with Gasteiger partial charge in [0.05, 0.1) is 5.56 Å². The van der Waals surface area contributed by atoms with Crippen molar-refractivity contribution in [3.8, 4) is 6.07 Å². The van der Waals surface area contributed by atoms with Gasteiger partial charge in [0.25, 0.3) is 5.78 Å². The highest BCUT2D eigenvalue weighted by molar-refractivity contribution is 6.06. The molecular weight excluding hydrogens is 457 g/mol. The van der Waals surface area contributed by atoms with E-state index in [9.17, 15) is 18.0 Å². The third kappa shape index (κ3) is 5.35. The van der Waals surface area contributed by atoms with Crippen LogP contribution in [0.2, 0.25) is 0 Å². The lowest BCUT2D eigenvalue weighted by atomic mass is 10.0. The highest BCUT2D eigenvalue weighted by Crippen LogP contribution is 2.36. The Morgan fingerprint density at radius 1 is 1.20 bits per heavy atom. The maximum atomic E-state index is 13.9. The molecule has 1 unspecified atom stereocenters. The molecule has 2 aromatic rings. The molecule has 35 heavy (non-hydrogen) atoms. The number of benzene rings is 1. The minimum absolute atomic E-state index is 0.0220. The van der Waals surface area contributed by atoms with Crippen LogP contribution < -0.4 is 4.90 Å². The van der Waals surface area contributed by atoms with E-state index in [-0.39, 0.29) is 23.8 Å². The van der Waals surface area contributed by atoms with Crippen molar-refractivity contribution >= 4 is 17.3 Å². The maximum Gasteiger partial charge on any atom is 0.416 e. The first-order valence-electron chi connectivity index (χ1n) is 11.8. The van der Waals surface area contributed by atoms with Crippen LogP contribution in [-0.2, 0) is 12.7 Å². The second-order valence-corrected chi connectivity index (χ2v) is 9.03. The van der Waals surface area contributed by atoms with Crippen molar-refractivity contribution in [3.05, 3.63) is 53.9 Å². The van der Waals surface area contributed by atoms with Crippen molar-refractivity contribution in [2.24, 2.45) is 0 Å². The van der Waals surface area contributed by atoms with Crippen LogP contribution in [0.3, 0.4) is 0 Å². The van der Waals surface area contributed by atoms with Gasteiger partial charge >= 0.3 is 6.18 Å². The molecule has 0 saturated carbocycles. The Labute approximate surface area is 203 Å². The number of aromatic nitrogens is 2. The van der Waals surface area contributed by atoms with E-state index in [0.717, 1.165) is 32.4 Å². The summed E-state index contributed by atoms with van der Waals surface area (Å²) in [5.74, 6) is -0.149. The van der Waals surface area contributed by atoms with Crippen molar-refractivity contribution in [1.82, 2.24) is 19.6 Å². The fourth-order valence-corrected chi connectivity index (χ4v) is 4.91. The number of ketones is 1. The van der Waals surface area contributed by atoms with E-state index in [1.54, 1.807) is 18.3 Å². The van der Waals surface area contributed by atoms with Crippen LogP contribution in [0.4, 0.5) is 18.9 Å². The number of carbonyl (C=O) groups is 1. The lowest BCUT2D eigenvalue weighted by molar-refractivity contribution is -0.138. The lowest BCUT2D eigenvalue weighted by Crippen LogP contribution is -2.52. The van der Waals surface area contributed by atoms with Gasteiger partial charge in [0.15, 0.2) is 0 Å². The van der Waals surface area contributed by atoms with Crippen molar-refractivity contribution in [1.29, 1.82) is 5.26 Å². The minimum Gasteiger partial charge on any atom is -0.372 e. The largest absolute Gasteiger partial charge is 0.416 e. The molecule has 0 spiro atoms. The molecule has 0 bridgehead atoms. The molecule has 1 aromatic carbocycles. The van der Waals surface area contributed by atoms with Gasteiger partial charge in [0.2, 0.25) is 0 Å². The standard InChI is InChI=1S/C25H29F3N6O/c1-3-20-17-31(12-13-33(20)18(2)34-11-8-23(30-34)24(35)15-29)16-19-6-7-21(32-9-4-5-10-32)14-22(19)25(26,27)28/h6-8,11,14,20H,2-5,9-10,12-13,16-17H2,1H3. The van der Waals surface area contributed by atoms with Crippen LogP contribution in [0.5, 0.6) is 0 Å². The molecule has 10 heteroatoms. The molecule has 2 aliphatic rings. The van der Waals surface area contributed by atoms with Crippen LogP contribution in [0.15, 0.2) is 37.0 Å². The summed E-state index contributed by atoms with van der Waals surface area (Å²) in [6, 6.07) is 7.77. The second kappa shape index (κ2) is 10.1. The van der Waals surface area contributed by atoms with E-state index in [1.165, 1.54) is 16.8 Å². The van der Waals surface area contributed by atoms with Gasteiger partial charge in [-0.05, 0) is 43.0 Å². The molecular formula is C25H29F3N6O. The number of nitrogens with zero attached hydrogens (tertiary/aromatic N) is 6. The Hall–Kier alpha value is -3.32. The van der Waals surface area contributed by atoms with Crippen LogP contribution >= 0.6 is 0 Å². The Morgan fingerprint density at radius 2 is 1.94 bits per heavy atom. The summed E-state index contributed by atoms with van der Waals surface area (Å²) in [6.45, 7) is 9.63. The molecule has 0 amide bonds. The van der Waals surface area contributed by atoms with E-state index in [1.807, 2.05) is 22.8 Å². The number of alkyl halides is 3. The molecule has 2 aliphatic heterocycles. The zero-order valence-electron chi connectivity index (χ0n) is 19.8. The van der Waals surface area contributed by atoms with Crippen LogP contribution in [0, 0.1) is 11.3 Å². The van der Waals surface area contributed by atoms with Gasteiger partial charge in [0, 0.05) is 57.2 Å². The number of hydrogen-bond donors (Lipinski definition) is 0. The minimum atomic E-state index is -4.41. The third-order valence-electron chi connectivity index (χ3n) is 6.82. The van der Waals surface area contributed by atoms with Gasteiger partial charge in [0.1, 0.15) is 17.6 Å². The Bertz CT molecular complexity index is 1130. The molecule has 0 N–H and O–H groups in total. The Balaban J connectivity index is 1.47. The summed E-state index contributed by atoms with van der Waals surface area (Å²) in [6.07, 6.45) is -0.0502. The molecule has 4 rings (SSSR count). The summed E-state index contributed by atoms with van der Waals surface area (Å²) < 4.78 is 43.3. The summed E-state index contributed by atoms with van der Waals surface area (Å²) in [4.78, 5) is 17.7. The third-order valence-corrected chi connectivity index (χ3v) is 6.82. The van der Waals surface area contributed by atoms with E-state index >= 15 is 0 Å². The van der Waals surface area contributed by atoms with E-state index in [2.05, 4.69) is 16.6 Å². The van der Waals surface area contributed by atoms with E-state index in [0.29, 0.717) is 31.1 Å². The summed E-state index contributed by atoms with van der Waals surface area (Å²) in [5, 5.41) is 12.9. The first-order valence-corrected chi connectivity index (χ1v) is 11.8. The van der Waals surface area contributed by atoms with Crippen molar-refractivity contribution < 1.29 is 18.0 Å². The average molecular weight is 487 g/mol. The monoisotopic (exact) mass is 486 g/mol. The first kappa shape index (κ1) is 24.8. The van der Waals surface area contributed by atoms with Crippen LogP contribution in [0.1, 0.15) is 47.8 Å². The van der Waals surface area contributed by atoms with E-state index < -0.39 is 17.5 Å². The Kier molecular flexibility index (Phi) is 7.17. The quantitative estimate of drug-likeness (QED) is 0.431. The number of rotatable bonds is 7. The number of anilines is 1. The van der Waals surface area contributed by atoms with E-state index in [4.69, 9.17) is 5.26 Å². The topological polar surface area (TPSA) is 68.4 Å². The molecule has 3 heterocycles. The molecule has 7 nitrogen and oxygen atoms in total. The number of halogens is 3. The SMILES string of the molecule is C=C(N1CCN(Cc2ccc(N3CCCC3)cc2C(F)(F)F)CC1CC)n1ccc(C(=O)C#N)n1. The fraction of sp³-hybridized carbons (Fsp3) is 0.480. The number of piperazine rings is 1. The highest BCUT2D eigenvalue weighted by Gasteiger charge is 2.35. The van der Waals surface area contributed by atoms with Crippen molar-refractivity contribution in [3.63, 3.8) is 0 Å². The zero-order valence-corrected chi connectivity index (χ0v) is 19.8. The maximum absolute atomic E-state index is 13.9. The molecule has 2 fully saturated rings. The summed E-state index contributed by atoms with van der Waals surface area (Å²) >= 11 is 0. The number of carbonyl (C=O) groups excluding carboxylic acids is 1. The molecule has 1 atom stereocenters. The number of nitriles is 1. The molecule has 1 aromatic heterocycles.